The van der Waals surface area contributed by atoms with Gasteiger partial charge >= 0.3 is 0 Å². The highest BCUT2D eigenvalue weighted by Gasteiger charge is 2.37. The Morgan fingerprint density at radius 3 is 2.90 bits per heavy atom. The van der Waals surface area contributed by atoms with Crippen LogP contribution in [0.3, 0.4) is 0 Å². The van der Waals surface area contributed by atoms with Crippen LogP contribution in [0.5, 0.6) is 0 Å². The molecule has 4 nitrogen and oxygen atoms in total. The summed E-state index contributed by atoms with van der Waals surface area (Å²) < 4.78 is 26.8. The number of halogens is 2. The number of alkyl halides is 1. The van der Waals surface area contributed by atoms with Crippen molar-refractivity contribution in [2.24, 2.45) is 5.73 Å². The van der Waals surface area contributed by atoms with Gasteiger partial charge in [-0.05, 0) is 18.1 Å². The number of hydrogen-bond acceptors (Lipinski definition) is 3. The van der Waals surface area contributed by atoms with E-state index in [2.05, 4.69) is 0 Å². The average molecular weight is 279 g/mol. The van der Waals surface area contributed by atoms with Gasteiger partial charge in [-0.1, -0.05) is 18.2 Å². The number of likely N-dealkylation sites (tertiary alicyclic amines) is 1. The fraction of sp³-hybridized carbons (Fsp3) is 0.429. The minimum absolute atomic E-state index is 0.00859. The molecule has 0 bridgehead atoms. The Morgan fingerprint density at radius 1 is 1.55 bits per heavy atom. The maximum atomic E-state index is 13.5. The highest BCUT2D eigenvalue weighted by molar-refractivity contribution is 5.83. The molecular weight excluding hydrogens is 264 g/mol. The maximum Gasteiger partial charge on any atom is 0.241 e. The molecule has 106 valence electrons. The van der Waals surface area contributed by atoms with Gasteiger partial charge in [-0.25, -0.2) is 8.78 Å². The standard InChI is InChI=1S/C14H15F2N3O/c15-10-6-11(7-17)19(8-10)14(20)13(18)5-9-3-1-2-4-12(9)16/h1-4,10-11,13H,5-6,8,18H2/t10-,11-,13-/m0/s1. The van der Waals surface area contributed by atoms with Crippen molar-refractivity contribution in [3.05, 3.63) is 35.6 Å². The molecule has 1 amide bonds. The van der Waals surface area contributed by atoms with Crippen LogP contribution in [0.25, 0.3) is 0 Å². The van der Waals surface area contributed by atoms with Crippen LogP contribution in [0, 0.1) is 17.1 Å². The topological polar surface area (TPSA) is 70.1 Å². The number of nitrogens with two attached hydrogens (primary N) is 1. The van der Waals surface area contributed by atoms with E-state index < -0.39 is 30.0 Å². The minimum atomic E-state index is -1.20. The highest BCUT2D eigenvalue weighted by Crippen LogP contribution is 2.21. The zero-order valence-electron chi connectivity index (χ0n) is 10.8. The lowest BCUT2D eigenvalue weighted by Crippen LogP contribution is -2.47. The molecule has 3 atom stereocenters. The van der Waals surface area contributed by atoms with E-state index >= 15 is 0 Å². The Morgan fingerprint density at radius 2 is 2.25 bits per heavy atom. The predicted molar refractivity (Wildman–Crippen MR) is 68.7 cm³/mol. The summed E-state index contributed by atoms with van der Waals surface area (Å²) in [6, 6.07) is 6.16. The van der Waals surface area contributed by atoms with E-state index in [0.717, 1.165) is 4.90 Å². The van der Waals surface area contributed by atoms with Gasteiger partial charge in [0.1, 0.15) is 18.0 Å². The summed E-state index contributed by atoms with van der Waals surface area (Å²) in [6.45, 7) is -0.123. The second-order valence-electron chi connectivity index (χ2n) is 4.87. The van der Waals surface area contributed by atoms with Crippen LogP contribution in [0.1, 0.15) is 12.0 Å². The summed E-state index contributed by atoms with van der Waals surface area (Å²) in [5, 5.41) is 8.91. The molecule has 0 aliphatic carbocycles. The van der Waals surface area contributed by atoms with Gasteiger partial charge < -0.3 is 10.6 Å². The Balaban J connectivity index is 2.06. The summed E-state index contributed by atoms with van der Waals surface area (Å²) in [7, 11) is 0. The first-order valence-electron chi connectivity index (χ1n) is 6.36. The Labute approximate surface area is 115 Å². The number of amides is 1. The van der Waals surface area contributed by atoms with Crippen molar-refractivity contribution in [1.29, 1.82) is 5.26 Å². The fourth-order valence-corrected chi connectivity index (χ4v) is 2.35. The van der Waals surface area contributed by atoms with Gasteiger partial charge in [-0.2, -0.15) is 5.26 Å². The predicted octanol–water partition coefficient (Wildman–Crippen LogP) is 1.16. The SMILES string of the molecule is N#C[C@@H]1C[C@H](F)CN1C(=O)[C@@H](N)Cc1ccccc1F. The lowest BCUT2D eigenvalue weighted by atomic mass is 10.0. The lowest BCUT2D eigenvalue weighted by molar-refractivity contribution is -0.132. The molecule has 1 aromatic carbocycles. The molecule has 0 radical (unpaired) electrons. The van der Waals surface area contributed by atoms with Crippen LogP contribution in [0.4, 0.5) is 8.78 Å². The average Bonchev–Trinajstić information content (AvgIpc) is 2.81. The molecule has 1 aliphatic heterocycles. The van der Waals surface area contributed by atoms with Gasteiger partial charge in [0, 0.05) is 6.42 Å². The summed E-state index contributed by atoms with van der Waals surface area (Å²) >= 11 is 0. The molecule has 0 aromatic heterocycles. The first-order valence-corrected chi connectivity index (χ1v) is 6.36. The van der Waals surface area contributed by atoms with E-state index in [4.69, 9.17) is 11.0 Å². The van der Waals surface area contributed by atoms with Gasteiger partial charge in [0.2, 0.25) is 5.91 Å². The molecule has 1 fully saturated rings. The number of benzene rings is 1. The van der Waals surface area contributed by atoms with Crippen LogP contribution in [0.15, 0.2) is 24.3 Å². The van der Waals surface area contributed by atoms with Crippen LogP contribution in [-0.2, 0) is 11.2 Å². The van der Waals surface area contributed by atoms with E-state index in [1.165, 1.54) is 6.07 Å². The summed E-state index contributed by atoms with van der Waals surface area (Å²) in [5.74, 6) is -0.947. The fourth-order valence-electron chi connectivity index (χ4n) is 2.35. The molecule has 1 heterocycles. The molecule has 2 N–H and O–H groups in total. The van der Waals surface area contributed by atoms with E-state index in [-0.39, 0.29) is 19.4 Å². The minimum Gasteiger partial charge on any atom is -0.322 e. The summed E-state index contributed by atoms with van der Waals surface area (Å²) in [5.41, 5.74) is 6.10. The number of carbonyl (C=O) groups is 1. The maximum absolute atomic E-state index is 13.5. The molecule has 1 aromatic rings. The van der Waals surface area contributed by atoms with Crippen molar-refractivity contribution < 1.29 is 13.6 Å². The van der Waals surface area contributed by atoms with Crippen molar-refractivity contribution in [2.75, 3.05) is 6.54 Å². The van der Waals surface area contributed by atoms with Crippen molar-refractivity contribution in [3.8, 4) is 6.07 Å². The molecule has 0 spiro atoms. The molecule has 6 heteroatoms. The second kappa shape index (κ2) is 5.97. The highest BCUT2D eigenvalue weighted by atomic mass is 19.1. The van der Waals surface area contributed by atoms with E-state index in [1.54, 1.807) is 18.2 Å². The molecule has 2 rings (SSSR count). The van der Waals surface area contributed by atoms with Crippen LogP contribution < -0.4 is 5.73 Å². The molecular formula is C14H15F2N3O. The first-order chi connectivity index (χ1) is 9.52. The van der Waals surface area contributed by atoms with Gasteiger partial charge in [0.25, 0.3) is 0 Å². The quantitative estimate of drug-likeness (QED) is 0.902. The number of nitriles is 1. The Kier molecular flexibility index (Phi) is 4.30. The van der Waals surface area contributed by atoms with E-state index in [9.17, 15) is 13.6 Å². The number of carbonyl (C=O) groups excluding carboxylic acids is 1. The summed E-state index contributed by atoms with van der Waals surface area (Å²) in [6.07, 6.45) is -1.17. The van der Waals surface area contributed by atoms with Crippen LogP contribution in [-0.4, -0.2) is 35.6 Å². The van der Waals surface area contributed by atoms with Crippen molar-refractivity contribution in [2.45, 2.75) is 31.1 Å². The molecule has 20 heavy (non-hydrogen) atoms. The molecule has 0 unspecified atom stereocenters. The smallest absolute Gasteiger partial charge is 0.241 e. The lowest BCUT2D eigenvalue weighted by Gasteiger charge is -2.23. The van der Waals surface area contributed by atoms with Gasteiger partial charge in [-0.3, -0.25) is 4.79 Å². The van der Waals surface area contributed by atoms with Crippen molar-refractivity contribution >= 4 is 5.91 Å². The van der Waals surface area contributed by atoms with Gasteiger partial charge in [0.15, 0.2) is 0 Å². The Hall–Kier alpha value is -2.00. The van der Waals surface area contributed by atoms with E-state index in [0.29, 0.717) is 5.56 Å². The Bertz CT molecular complexity index is 543. The van der Waals surface area contributed by atoms with Crippen molar-refractivity contribution in [3.63, 3.8) is 0 Å². The molecule has 1 aliphatic rings. The second-order valence-corrected chi connectivity index (χ2v) is 4.87. The summed E-state index contributed by atoms with van der Waals surface area (Å²) in [4.78, 5) is 13.3. The third-order valence-corrected chi connectivity index (χ3v) is 3.40. The third-order valence-electron chi connectivity index (χ3n) is 3.40. The van der Waals surface area contributed by atoms with Crippen LogP contribution in [0.2, 0.25) is 0 Å². The molecule has 1 saturated heterocycles. The number of nitrogens with zero attached hydrogens (tertiary/aromatic N) is 2. The van der Waals surface area contributed by atoms with Gasteiger partial charge in [0.05, 0.1) is 18.7 Å². The van der Waals surface area contributed by atoms with Crippen LogP contribution >= 0.6 is 0 Å². The normalized spacial score (nSPS) is 23.4. The van der Waals surface area contributed by atoms with E-state index in [1.807, 2.05) is 6.07 Å². The third kappa shape index (κ3) is 2.94. The van der Waals surface area contributed by atoms with Crippen molar-refractivity contribution in [1.82, 2.24) is 4.90 Å². The monoisotopic (exact) mass is 279 g/mol. The molecule has 0 saturated carbocycles. The number of rotatable bonds is 3. The first kappa shape index (κ1) is 14.4. The van der Waals surface area contributed by atoms with Gasteiger partial charge in [-0.15, -0.1) is 0 Å². The zero-order valence-corrected chi connectivity index (χ0v) is 10.8. The number of hydrogen-bond donors (Lipinski definition) is 1. The zero-order chi connectivity index (χ0) is 14.7. The largest absolute Gasteiger partial charge is 0.322 e.